The molecule has 22 heavy (non-hydrogen) atoms. The maximum atomic E-state index is 13.3. The number of nitrogens with zero attached hydrogens (tertiary/aromatic N) is 4. The van der Waals surface area contributed by atoms with Gasteiger partial charge in [-0.3, -0.25) is 14.8 Å². The second kappa shape index (κ2) is 5.59. The summed E-state index contributed by atoms with van der Waals surface area (Å²) in [6.45, 7) is 0. The molecule has 1 aromatic carbocycles. The van der Waals surface area contributed by atoms with Gasteiger partial charge in [0.25, 0.3) is 0 Å². The number of H-pyrrole nitrogens is 1. The Bertz CT molecular complexity index is 810. The number of fused-ring (bicyclic) bond motifs is 1. The van der Waals surface area contributed by atoms with Gasteiger partial charge < -0.3 is 10.7 Å². The van der Waals surface area contributed by atoms with Crippen molar-refractivity contribution in [2.75, 3.05) is 0 Å². The average molecular weight is 728 g/mol. The number of aromatic nitrogens is 4. The summed E-state index contributed by atoms with van der Waals surface area (Å²) in [5, 5.41) is 14.9. The largest absolute Gasteiger partial charge is 0.696 e. The first kappa shape index (κ1) is 16.7. The van der Waals surface area contributed by atoms with Crippen molar-refractivity contribution in [3.63, 3.8) is 0 Å². The van der Waals surface area contributed by atoms with E-state index in [9.17, 15) is 14.5 Å². The molecule has 0 spiro atoms. The Balaban J connectivity index is 0.00000121. The third kappa shape index (κ3) is 2.48. The minimum Gasteiger partial charge on any atom is -0.696 e. The van der Waals surface area contributed by atoms with Crippen molar-refractivity contribution >= 4 is 22.4 Å². The quantitative estimate of drug-likeness (QED) is 0.323. The standard InChI is InChI=1S/C11H8FN6O2.Re.Rf/c1-17-4-9(18(19)20)10(16-17)11-14-7-2-5(12)6(13)3-8(7)15-11;;/h2-4,13H,1H3,(H,14,15);;/q-1;;. The predicted octanol–water partition coefficient (Wildman–Crippen LogP) is 2.69. The molecule has 0 aliphatic rings. The summed E-state index contributed by atoms with van der Waals surface area (Å²) >= 11 is 0. The van der Waals surface area contributed by atoms with Crippen molar-refractivity contribution in [2.45, 2.75) is 0 Å². The zero-order valence-corrected chi connectivity index (χ0v) is 20.4. The Hall–Kier alpha value is -3.31. The van der Waals surface area contributed by atoms with Crippen LogP contribution in [0.25, 0.3) is 28.3 Å². The molecule has 0 unspecified atom stereocenters. The monoisotopic (exact) mass is 729 g/mol. The third-order valence-electron chi connectivity index (χ3n) is 2.80. The van der Waals surface area contributed by atoms with Crippen LogP contribution in [0.5, 0.6) is 0 Å². The molecule has 0 saturated heterocycles. The summed E-state index contributed by atoms with van der Waals surface area (Å²) in [6.07, 6.45) is 1.26. The minimum absolute atomic E-state index is 0. The van der Waals surface area contributed by atoms with E-state index in [0.717, 1.165) is 6.07 Å². The van der Waals surface area contributed by atoms with E-state index in [1.54, 1.807) is 7.05 Å². The van der Waals surface area contributed by atoms with Gasteiger partial charge in [0, 0.05) is 33.5 Å². The van der Waals surface area contributed by atoms with Crippen LogP contribution in [0.3, 0.4) is 0 Å². The zero-order chi connectivity index (χ0) is 14.4. The number of imidazole rings is 1. The molecule has 11 heteroatoms. The summed E-state index contributed by atoms with van der Waals surface area (Å²) in [4.78, 5) is 17.3. The Morgan fingerprint density at radius 3 is 2.77 bits per heavy atom. The van der Waals surface area contributed by atoms with Gasteiger partial charge in [-0.25, -0.2) is 9.37 Å². The van der Waals surface area contributed by atoms with Crippen LogP contribution in [-0.4, -0.2) is 24.7 Å². The fourth-order valence-electron chi connectivity index (χ4n) is 1.92. The molecule has 111 valence electrons. The molecule has 0 saturated carbocycles. The number of rotatable bonds is 2. The van der Waals surface area contributed by atoms with E-state index in [1.807, 2.05) is 0 Å². The molecule has 0 aliphatic heterocycles. The van der Waals surface area contributed by atoms with Crippen LogP contribution in [0.2, 0.25) is 0 Å². The van der Waals surface area contributed by atoms with E-state index < -0.39 is 10.7 Å². The second-order valence-corrected chi connectivity index (χ2v) is 4.23. The van der Waals surface area contributed by atoms with Gasteiger partial charge in [-0.15, -0.1) is 5.69 Å². The molecule has 2 N–H and O–H groups in total. The van der Waals surface area contributed by atoms with Crippen molar-refractivity contribution in [1.29, 1.82) is 0 Å². The van der Waals surface area contributed by atoms with Crippen LogP contribution in [0.1, 0.15) is 0 Å². The summed E-state index contributed by atoms with van der Waals surface area (Å²) in [5.41, 5.74) is 7.69. The van der Waals surface area contributed by atoms with E-state index >= 15 is 0 Å². The molecule has 0 amide bonds. The normalized spacial score (nSPS) is 10.1. The van der Waals surface area contributed by atoms with Crippen LogP contribution >= 0.6 is 0 Å². The first-order valence-corrected chi connectivity index (χ1v) is 5.55. The van der Waals surface area contributed by atoms with Crippen molar-refractivity contribution in [3.05, 3.63) is 40.0 Å². The number of hydrogen-bond acceptors (Lipinski definition) is 4. The molecule has 3 rings (SSSR count). The smallest absolute Gasteiger partial charge is 0.318 e. The van der Waals surface area contributed by atoms with Gasteiger partial charge in [-0.1, -0.05) is 0 Å². The van der Waals surface area contributed by atoms with Crippen LogP contribution in [-0.2, 0) is 27.5 Å². The van der Waals surface area contributed by atoms with Gasteiger partial charge in [0.1, 0.15) is 12.0 Å². The first-order valence-electron chi connectivity index (χ1n) is 5.55. The Morgan fingerprint density at radius 2 is 2.14 bits per heavy atom. The molecule has 1 radical (unpaired) electrons. The number of hydrogen-bond donors (Lipinski definition) is 1. The summed E-state index contributed by atoms with van der Waals surface area (Å²) < 4.78 is 14.6. The zero-order valence-electron chi connectivity index (χ0n) is 11.3. The van der Waals surface area contributed by atoms with E-state index in [2.05, 4.69) is 15.1 Å². The maximum absolute atomic E-state index is 13.3. The van der Waals surface area contributed by atoms with Crippen molar-refractivity contribution < 1.29 is 29.7 Å². The molecule has 0 atom stereocenters. The average Bonchev–Trinajstić information content (AvgIpc) is 2.93. The molecule has 0 bridgehead atoms. The number of halogens is 1. The summed E-state index contributed by atoms with van der Waals surface area (Å²) in [5.74, 6) is -0.539. The first-order chi connectivity index (χ1) is 9.45. The van der Waals surface area contributed by atoms with Gasteiger partial charge >= 0.3 is 5.69 Å². The topological polar surface area (TPSA) is 113 Å². The molecule has 2 aromatic heterocycles. The van der Waals surface area contributed by atoms with Crippen molar-refractivity contribution in [2.24, 2.45) is 7.05 Å². The number of benzene rings is 1. The number of aryl methyl sites for hydroxylation is 1. The Kier molecular flexibility index (Phi) is 4.26. The van der Waals surface area contributed by atoms with Crippen LogP contribution in [0.4, 0.5) is 15.8 Å². The van der Waals surface area contributed by atoms with Gasteiger partial charge in [0.05, 0.1) is 16.0 Å². The molecule has 2 heterocycles. The summed E-state index contributed by atoms with van der Waals surface area (Å²) in [6, 6.07) is 2.38. The SMILES string of the molecule is Cn1cc([N+](=O)[O-])c(-c2nc3cc(F)c([NH-])cc3[nH]2)n1.[Re].[Rf]. The number of nitro groups is 1. The van der Waals surface area contributed by atoms with Gasteiger partial charge in [0.15, 0.2) is 5.82 Å². The Morgan fingerprint density at radius 1 is 1.45 bits per heavy atom. The number of aromatic amines is 1. The van der Waals surface area contributed by atoms with Crippen molar-refractivity contribution in [3.8, 4) is 11.5 Å². The molecule has 8 nitrogen and oxygen atoms in total. The van der Waals surface area contributed by atoms with E-state index in [4.69, 9.17) is 5.73 Å². The van der Waals surface area contributed by atoms with E-state index in [1.165, 1.54) is 16.9 Å². The van der Waals surface area contributed by atoms with E-state index in [-0.39, 0.29) is 48.8 Å². The van der Waals surface area contributed by atoms with Gasteiger partial charge in [-0.2, -0.15) is 5.10 Å². The van der Waals surface area contributed by atoms with Crippen LogP contribution in [0.15, 0.2) is 18.3 Å². The molecule has 0 fully saturated rings. The number of nitrogens with one attached hydrogen (secondary N) is 2. The fraction of sp³-hybridized carbons (Fsp3) is 0.0909. The van der Waals surface area contributed by atoms with Gasteiger partial charge in [0.2, 0.25) is 5.69 Å². The molecular formula is C11H8FN6O2ReRf-. The van der Waals surface area contributed by atoms with E-state index in [0.29, 0.717) is 5.52 Å². The molecule has 3 aromatic rings. The third-order valence-corrected chi connectivity index (χ3v) is 2.80. The predicted molar refractivity (Wildman–Crippen MR) is 68.9 cm³/mol. The maximum Gasteiger partial charge on any atom is 0.318 e. The fourth-order valence-corrected chi connectivity index (χ4v) is 1.92. The van der Waals surface area contributed by atoms with Crippen molar-refractivity contribution in [1.82, 2.24) is 19.7 Å². The summed E-state index contributed by atoms with van der Waals surface area (Å²) in [7, 11) is 1.56. The van der Waals surface area contributed by atoms with Gasteiger partial charge in [-0.05, 0) is 6.07 Å². The molecular weight excluding hydrogens is 720 g/mol. The second-order valence-electron chi connectivity index (χ2n) is 4.23. The Labute approximate surface area is 131 Å². The molecule has 0 aliphatic carbocycles. The minimum atomic E-state index is -0.703. The van der Waals surface area contributed by atoms with Crippen LogP contribution < -0.4 is 0 Å². The van der Waals surface area contributed by atoms with Crippen LogP contribution in [0, 0.1) is 15.9 Å².